The summed E-state index contributed by atoms with van der Waals surface area (Å²) in [5.74, 6) is 0. The fourth-order valence-electron chi connectivity index (χ4n) is 3.16. The Bertz CT molecular complexity index is 873. The van der Waals surface area contributed by atoms with Gasteiger partial charge < -0.3 is 0 Å². The van der Waals surface area contributed by atoms with Crippen molar-refractivity contribution in [3.8, 4) is 0 Å². The minimum Gasteiger partial charge on any atom is -0.298 e. The molecule has 3 rings (SSSR count). The molecule has 0 unspecified atom stereocenters. The van der Waals surface area contributed by atoms with Gasteiger partial charge in [0.2, 0.25) is 10.0 Å². The van der Waals surface area contributed by atoms with Gasteiger partial charge in [0.15, 0.2) is 0 Å². The van der Waals surface area contributed by atoms with E-state index in [4.69, 9.17) is 0 Å². The average molecular weight is 399 g/mol. The van der Waals surface area contributed by atoms with Crippen LogP contribution in [0.3, 0.4) is 0 Å². The molecular weight excluding hydrogens is 379 g/mol. The van der Waals surface area contributed by atoms with E-state index in [2.05, 4.69) is 9.88 Å². The molecule has 0 saturated carbocycles. The second-order valence-corrected chi connectivity index (χ2v) is 8.29. The van der Waals surface area contributed by atoms with Crippen molar-refractivity contribution in [1.29, 1.82) is 0 Å². The summed E-state index contributed by atoms with van der Waals surface area (Å²) in [6.45, 7) is 2.13. The van der Waals surface area contributed by atoms with Gasteiger partial charge in [-0.1, -0.05) is 12.1 Å². The third-order valence-electron chi connectivity index (χ3n) is 4.51. The Morgan fingerprint density at radius 1 is 0.963 bits per heavy atom. The van der Waals surface area contributed by atoms with Crippen LogP contribution in [0.1, 0.15) is 17.5 Å². The topological polar surface area (TPSA) is 53.5 Å². The van der Waals surface area contributed by atoms with Crippen LogP contribution in [0, 0.1) is 0 Å². The molecule has 1 aliphatic rings. The molecule has 5 nitrogen and oxygen atoms in total. The number of alkyl halides is 3. The van der Waals surface area contributed by atoms with Gasteiger partial charge in [-0.2, -0.15) is 17.5 Å². The van der Waals surface area contributed by atoms with Crippen molar-refractivity contribution in [2.45, 2.75) is 24.0 Å². The van der Waals surface area contributed by atoms with Crippen LogP contribution in [-0.2, 0) is 22.7 Å². The molecule has 0 atom stereocenters. The van der Waals surface area contributed by atoms with Crippen LogP contribution in [0.25, 0.3) is 0 Å². The number of hydrogen-bond acceptors (Lipinski definition) is 4. The third kappa shape index (κ3) is 4.66. The van der Waals surface area contributed by atoms with Crippen LogP contribution in [0.5, 0.6) is 0 Å². The monoisotopic (exact) mass is 399 g/mol. The van der Waals surface area contributed by atoms with Crippen molar-refractivity contribution in [3.05, 3.63) is 59.9 Å². The number of nitrogens with zero attached hydrogens (tertiary/aromatic N) is 3. The number of sulfonamides is 1. The van der Waals surface area contributed by atoms with Crippen molar-refractivity contribution in [2.24, 2.45) is 0 Å². The lowest BCUT2D eigenvalue weighted by Crippen LogP contribution is -2.36. The maximum Gasteiger partial charge on any atom is 0.417 e. The summed E-state index contributed by atoms with van der Waals surface area (Å²) in [5.41, 5.74) is -0.0633. The number of hydrogen-bond donors (Lipinski definition) is 0. The quantitative estimate of drug-likeness (QED) is 0.793. The van der Waals surface area contributed by atoms with Gasteiger partial charge in [0.25, 0.3) is 0 Å². The highest BCUT2D eigenvalue weighted by Crippen LogP contribution is 2.35. The highest BCUT2D eigenvalue weighted by Gasteiger charge is 2.39. The Morgan fingerprint density at radius 3 is 2.37 bits per heavy atom. The number of halogens is 3. The van der Waals surface area contributed by atoms with E-state index in [1.54, 1.807) is 12.4 Å². The molecule has 9 heteroatoms. The third-order valence-corrected chi connectivity index (χ3v) is 6.47. The summed E-state index contributed by atoms with van der Waals surface area (Å²) in [7, 11) is -4.22. The second-order valence-electron chi connectivity index (χ2n) is 6.38. The number of aromatic nitrogens is 1. The summed E-state index contributed by atoms with van der Waals surface area (Å²) in [5, 5.41) is 0. The van der Waals surface area contributed by atoms with Crippen LogP contribution in [-0.4, -0.2) is 48.8 Å². The van der Waals surface area contributed by atoms with Gasteiger partial charge >= 0.3 is 6.18 Å². The van der Waals surface area contributed by atoms with Crippen molar-refractivity contribution in [2.75, 3.05) is 26.2 Å². The second kappa shape index (κ2) is 7.95. The summed E-state index contributed by atoms with van der Waals surface area (Å²) in [6.07, 6.45) is -0.780. The van der Waals surface area contributed by atoms with Gasteiger partial charge in [0, 0.05) is 38.6 Å². The molecule has 0 aliphatic carbocycles. The van der Waals surface area contributed by atoms with E-state index in [0.717, 1.165) is 22.0 Å². The molecule has 1 aromatic heterocycles. The fourth-order valence-corrected chi connectivity index (χ4v) is 4.84. The van der Waals surface area contributed by atoms with Gasteiger partial charge in [-0.25, -0.2) is 8.42 Å². The molecule has 1 aliphatic heterocycles. The van der Waals surface area contributed by atoms with E-state index in [0.29, 0.717) is 26.1 Å². The summed E-state index contributed by atoms with van der Waals surface area (Å²) in [4.78, 5) is 5.38. The molecule has 0 N–H and O–H groups in total. The lowest BCUT2D eigenvalue weighted by molar-refractivity contribution is -0.139. The first kappa shape index (κ1) is 19.8. The maximum atomic E-state index is 13.2. The molecule has 1 aromatic carbocycles. The van der Waals surface area contributed by atoms with Gasteiger partial charge in [0.05, 0.1) is 10.5 Å². The zero-order valence-electron chi connectivity index (χ0n) is 14.6. The van der Waals surface area contributed by atoms with E-state index in [1.807, 2.05) is 12.1 Å². The van der Waals surface area contributed by atoms with Crippen LogP contribution in [0.2, 0.25) is 0 Å². The van der Waals surface area contributed by atoms with Crippen LogP contribution in [0.15, 0.2) is 53.7 Å². The van der Waals surface area contributed by atoms with Gasteiger partial charge in [-0.05, 0) is 42.8 Å². The number of benzene rings is 1. The molecule has 1 saturated heterocycles. The lowest BCUT2D eigenvalue weighted by Gasteiger charge is -2.23. The zero-order valence-corrected chi connectivity index (χ0v) is 15.4. The molecule has 0 bridgehead atoms. The molecule has 1 fully saturated rings. The van der Waals surface area contributed by atoms with Gasteiger partial charge in [-0.15, -0.1) is 0 Å². The van der Waals surface area contributed by atoms with E-state index >= 15 is 0 Å². The van der Waals surface area contributed by atoms with Crippen molar-refractivity contribution >= 4 is 10.0 Å². The van der Waals surface area contributed by atoms with Crippen molar-refractivity contribution in [1.82, 2.24) is 14.2 Å². The Hall–Kier alpha value is -1.97. The molecule has 0 amide bonds. The molecule has 0 spiro atoms. The normalized spacial score (nSPS) is 17.6. The Labute approximate surface area is 156 Å². The molecule has 2 aromatic rings. The molecular formula is C18H20F3N3O2S. The van der Waals surface area contributed by atoms with E-state index < -0.39 is 26.7 Å². The highest BCUT2D eigenvalue weighted by atomic mass is 32.2. The van der Waals surface area contributed by atoms with E-state index in [1.165, 1.54) is 12.1 Å². The first-order chi connectivity index (χ1) is 12.8. The number of rotatable bonds is 4. The van der Waals surface area contributed by atoms with E-state index in [-0.39, 0.29) is 13.1 Å². The first-order valence-electron chi connectivity index (χ1n) is 8.56. The van der Waals surface area contributed by atoms with E-state index in [9.17, 15) is 21.6 Å². The highest BCUT2D eigenvalue weighted by molar-refractivity contribution is 7.89. The van der Waals surface area contributed by atoms with Crippen LogP contribution >= 0.6 is 0 Å². The molecule has 2 heterocycles. The predicted octanol–water partition coefficient (Wildman–Crippen LogP) is 3.00. The van der Waals surface area contributed by atoms with Crippen LogP contribution < -0.4 is 0 Å². The Morgan fingerprint density at radius 2 is 1.67 bits per heavy atom. The lowest BCUT2D eigenvalue weighted by atomic mass is 10.2. The summed E-state index contributed by atoms with van der Waals surface area (Å²) >= 11 is 0. The van der Waals surface area contributed by atoms with Crippen molar-refractivity contribution in [3.63, 3.8) is 0 Å². The standard InChI is InChI=1S/C18H20F3N3O2S/c19-18(20,21)16-4-1-2-5-17(16)27(25,26)24-11-3-10-23(12-13-24)14-15-6-8-22-9-7-15/h1-2,4-9H,3,10-14H2. The smallest absolute Gasteiger partial charge is 0.298 e. The molecule has 146 valence electrons. The van der Waals surface area contributed by atoms with Gasteiger partial charge in [0.1, 0.15) is 0 Å². The average Bonchev–Trinajstić information content (AvgIpc) is 2.88. The Kier molecular flexibility index (Phi) is 5.83. The zero-order chi connectivity index (χ0) is 19.5. The fraction of sp³-hybridized carbons (Fsp3) is 0.389. The Balaban J connectivity index is 1.77. The van der Waals surface area contributed by atoms with Gasteiger partial charge in [-0.3, -0.25) is 9.88 Å². The SMILES string of the molecule is O=S(=O)(c1ccccc1C(F)(F)F)N1CCCN(Cc2ccncc2)CC1. The first-order valence-corrected chi connectivity index (χ1v) is 10.00. The predicted molar refractivity (Wildman–Crippen MR) is 94.3 cm³/mol. The minimum atomic E-state index is -4.72. The largest absolute Gasteiger partial charge is 0.417 e. The molecule has 0 radical (unpaired) electrons. The summed E-state index contributed by atoms with van der Waals surface area (Å²) in [6, 6.07) is 8.12. The summed E-state index contributed by atoms with van der Waals surface area (Å²) < 4.78 is 66.6. The minimum absolute atomic E-state index is 0.152. The number of pyridine rings is 1. The molecule has 27 heavy (non-hydrogen) atoms. The van der Waals surface area contributed by atoms with Crippen molar-refractivity contribution < 1.29 is 21.6 Å². The van der Waals surface area contributed by atoms with Crippen LogP contribution in [0.4, 0.5) is 13.2 Å². The maximum absolute atomic E-state index is 13.2.